The Balaban J connectivity index is 1.96. The van der Waals surface area contributed by atoms with Crippen LogP contribution < -0.4 is 5.32 Å². The number of likely N-dealkylation sites (N-methyl/N-ethyl adjacent to an activating group) is 1. The van der Waals surface area contributed by atoms with Crippen molar-refractivity contribution in [1.29, 1.82) is 0 Å². The Morgan fingerprint density at radius 1 is 1.57 bits per heavy atom. The maximum atomic E-state index is 12.3. The van der Waals surface area contributed by atoms with Gasteiger partial charge >= 0.3 is 12.0 Å². The lowest BCUT2D eigenvalue weighted by molar-refractivity contribution is -0.142. The number of rotatable bonds is 5. The first kappa shape index (κ1) is 15.7. The van der Waals surface area contributed by atoms with E-state index in [1.807, 2.05) is 13.8 Å². The molecule has 2 unspecified atom stereocenters. The normalized spacial score (nSPS) is 21.2. The summed E-state index contributed by atoms with van der Waals surface area (Å²) < 4.78 is 5.22. The average Bonchev–Trinajstić information content (AvgIpc) is 3.06. The van der Waals surface area contributed by atoms with Crippen LogP contribution in [0.3, 0.4) is 0 Å². The molecule has 1 aromatic heterocycles. The van der Waals surface area contributed by atoms with Gasteiger partial charge in [0.05, 0.1) is 30.8 Å². The molecule has 1 aliphatic rings. The number of nitrogens with one attached hydrogen (secondary N) is 1. The number of aromatic nitrogens is 1. The number of aryl methyl sites for hydroxylation is 1. The number of hydrogen-bond acceptors (Lipinski definition) is 5. The number of ether oxygens (including phenoxy) is 1. The van der Waals surface area contributed by atoms with Crippen LogP contribution in [-0.4, -0.2) is 52.8 Å². The third-order valence-corrected chi connectivity index (χ3v) is 4.37. The predicted octanol–water partition coefficient (Wildman–Crippen LogP) is 1.08. The summed E-state index contributed by atoms with van der Waals surface area (Å²) >= 11 is 1.52. The lowest BCUT2D eigenvalue weighted by Gasteiger charge is -2.29. The van der Waals surface area contributed by atoms with Crippen LogP contribution >= 0.6 is 11.3 Å². The van der Waals surface area contributed by atoms with Gasteiger partial charge in [-0.25, -0.2) is 9.78 Å². The fraction of sp³-hybridized carbons (Fsp3) is 0.615. The molecule has 0 aromatic carbocycles. The summed E-state index contributed by atoms with van der Waals surface area (Å²) in [7, 11) is 0. The van der Waals surface area contributed by atoms with Gasteiger partial charge in [0.15, 0.2) is 0 Å². The summed E-state index contributed by atoms with van der Waals surface area (Å²) in [5.41, 5.74) is 0. The monoisotopic (exact) mass is 313 g/mol. The highest BCUT2D eigenvalue weighted by molar-refractivity contribution is 7.11. The van der Waals surface area contributed by atoms with Crippen molar-refractivity contribution in [3.05, 3.63) is 16.1 Å². The van der Waals surface area contributed by atoms with Gasteiger partial charge in [0.2, 0.25) is 0 Å². The molecule has 0 bridgehead atoms. The van der Waals surface area contributed by atoms with Crippen molar-refractivity contribution in [1.82, 2.24) is 15.2 Å². The van der Waals surface area contributed by atoms with E-state index >= 15 is 0 Å². The molecule has 7 nitrogen and oxygen atoms in total. The first-order valence-electron chi connectivity index (χ1n) is 6.79. The number of nitrogens with zero attached hydrogens (tertiary/aromatic N) is 2. The van der Waals surface area contributed by atoms with Crippen LogP contribution in [0.1, 0.15) is 16.8 Å². The molecule has 2 amide bonds. The number of carboxylic acid groups (broad SMARTS) is 1. The summed E-state index contributed by atoms with van der Waals surface area (Å²) in [5, 5.41) is 12.9. The van der Waals surface area contributed by atoms with E-state index in [9.17, 15) is 14.7 Å². The van der Waals surface area contributed by atoms with E-state index < -0.39 is 17.9 Å². The number of carbonyl (C=O) groups excluding carboxylic acids is 1. The van der Waals surface area contributed by atoms with Crippen molar-refractivity contribution in [2.24, 2.45) is 5.92 Å². The van der Waals surface area contributed by atoms with Gasteiger partial charge in [0.1, 0.15) is 5.92 Å². The third kappa shape index (κ3) is 3.70. The zero-order valence-electron chi connectivity index (χ0n) is 12.0. The maximum Gasteiger partial charge on any atom is 0.318 e. The fourth-order valence-electron chi connectivity index (χ4n) is 2.37. The van der Waals surface area contributed by atoms with Crippen molar-refractivity contribution in [2.75, 3.05) is 19.8 Å². The Kier molecular flexibility index (Phi) is 5.13. The summed E-state index contributed by atoms with van der Waals surface area (Å²) in [6.45, 7) is 4.97. The van der Waals surface area contributed by atoms with E-state index in [0.717, 1.165) is 9.88 Å². The van der Waals surface area contributed by atoms with Gasteiger partial charge in [-0.1, -0.05) is 0 Å². The third-order valence-electron chi connectivity index (χ3n) is 3.45. The molecular formula is C13H19N3O4S. The fourth-order valence-corrected chi connectivity index (χ4v) is 3.10. The Labute approximate surface area is 126 Å². The number of amides is 2. The molecule has 8 heteroatoms. The maximum absolute atomic E-state index is 12.3. The molecule has 21 heavy (non-hydrogen) atoms. The molecule has 1 saturated heterocycles. The lowest BCUT2D eigenvalue weighted by Crippen LogP contribution is -2.50. The zero-order valence-corrected chi connectivity index (χ0v) is 12.9. The van der Waals surface area contributed by atoms with Gasteiger partial charge in [0, 0.05) is 17.6 Å². The first-order chi connectivity index (χ1) is 10.0. The predicted molar refractivity (Wildman–Crippen MR) is 77.2 cm³/mol. The molecule has 2 rings (SSSR count). The Hall–Kier alpha value is -1.67. The van der Waals surface area contributed by atoms with E-state index in [-0.39, 0.29) is 19.2 Å². The van der Waals surface area contributed by atoms with Gasteiger partial charge in [-0.2, -0.15) is 0 Å². The highest BCUT2D eigenvalue weighted by Crippen LogP contribution is 2.20. The zero-order chi connectivity index (χ0) is 15.4. The molecule has 0 aliphatic carbocycles. The van der Waals surface area contributed by atoms with E-state index in [0.29, 0.717) is 13.1 Å². The van der Waals surface area contributed by atoms with Crippen LogP contribution in [0.25, 0.3) is 0 Å². The minimum Gasteiger partial charge on any atom is -0.481 e. The molecule has 1 aromatic rings. The quantitative estimate of drug-likeness (QED) is 0.849. The Morgan fingerprint density at radius 3 is 2.90 bits per heavy atom. The van der Waals surface area contributed by atoms with Crippen LogP contribution in [0.2, 0.25) is 0 Å². The van der Waals surface area contributed by atoms with Crippen LogP contribution in [0, 0.1) is 12.8 Å². The highest BCUT2D eigenvalue weighted by atomic mass is 32.1. The minimum atomic E-state index is -0.929. The molecular weight excluding hydrogens is 294 g/mol. The van der Waals surface area contributed by atoms with E-state index in [2.05, 4.69) is 10.3 Å². The number of hydrogen-bond donors (Lipinski definition) is 2. The average molecular weight is 313 g/mol. The smallest absolute Gasteiger partial charge is 0.318 e. The molecule has 1 aliphatic heterocycles. The standard InChI is InChI=1S/C13H19N3O4S/c1-3-16(11-7-20-6-10(11)12(17)18)13(19)15-5-9-4-14-8(2)21-9/h4,10-11H,3,5-7H2,1-2H3,(H,15,19)(H,17,18). The number of urea groups is 1. The van der Waals surface area contributed by atoms with E-state index in [1.54, 1.807) is 6.20 Å². The van der Waals surface area contributed by atoms with Crippen molar-refractivity contribution in [3.63, 3.8) is 0 Å². The van der Waals surface area contributed by atoms with Crippen molar-refractivity contribution in [2.45, 2.75) is 26.4 Å². The van der Waals surface area contributed by atoms with Crippen LogP contribution in [0.5, 0.6) is 0 Å². The second-order valence-corrected chi connectivity index (χ2v) is 6.16. The topological polar surface area (TPSA) is 91.8 Å². The van der Waals surface area contributed by atoms with Gasteiger partial charge in [-0.15, -0.1) is 11.3 Å². The van der Waals surface area contributed by atoms with Gasteiger partial charge in [0.25, 0.3) is 0 Å². The Morgan fingerprint density at radius 2 is 2.33 bits per heavy atom. The number of carbonyl (C=O) groups is 2. The second kappa shape index (κ2) is 6.86. The molecule has 1 fully saturated rings. The lowest BCUT2D eigenvalue weighted by atomic mass is 10.0. The second-order valence-electron chi connectivity index (χ2n) is 4.84. The number of thiazole rings is 1. The molecule has 0 saturated carbocycles. The van der Waals surface area contributed by atoms with E-state index in [1.165, 1.54) is 16.2 Å². The number of carboxylic acids is 1. The molecule has 2 atom stereocenters. The van der Waals surface area contributed by atoms with Crippen LogP contribution in [0.4, 0.5) is 4.79 Å². The van der Waals surface area contributed by atoms with Gasteiger partial charge < -0.3 is 20.1 Å². The van der Waals surface area contributed by atoms with Gasteiger partial charge in [-0.05, 0) is 13.8 Å². The Bertz CT molecular complexity index is 519. The van der Waals surface area contributed by atoms with Crippen molar-refractivity contribution < 1.29 is 19.4 Å². The first-order valence-corrected chi connectivity index (χ1v) is 7.61. The van der Waals surface area contributed by atoms with Crippen LogP contribution in [0.15, 0.2) is 6.20 Å². The minimum absolute atomic E-state index is 0.151. The molecule has 0 spiro atoms. The molecule has 2 heterocycles. The van der Waals surface area contributed by atoms with Crippen molar-refractivity contribution in [3.8, 4) is 0 Å². The summed E-state index contributed by atoms with van der Waals surface area (Å²) in [5.74, 6) is -1.59. The van der Waals surface area contributed by atoms with Crippen molar-refractivity contribution >= 4 is 23.3 Å². The van der Waals surface area contributed by atoms with E-state index in [4.69, 9.17) is 4.74 Å². The summed E-state index contributed by atoms with van der Waals surface area (Å²) in [6.07, 6.45) is 1.73. The highest BCUT2D eigenvalue weighted by Gasteiger charge is 2.39. The van der Waals surface area contributed by atoms with Crippen LogP contribution in [-0.2, 0) is 16.1 Å². The molecule has 0 radical (unpaired) electrons. The van der Waals surface area contributed by atoms with Gasteiger partial charge in [-0.3, -0.25) is 4.79 Å². The largest absolute Gasteiger partial charge is 0.481 e. The summed E-state index contributed by atoms with van der Waals surface area (Å²) in [6, 6.07) is -0.694. The molecule has 2 N–H and O–H groups in total. The SMILES string of the molecule is CCN(C(=O)NCc1cnc(C)s1)C1COCC1C(=O)O. The summed E-state index contributed by atoms with van der Waals surface area (Å²) in [4.78, 5) is 30.1. The number of aliphatic carboxylic acids is 1. The molecule has 116 valence electrons.